The molecule has 0 amide bonds. The van der Waals surface area contributed by atoms with Gasteiger partial charge in [0.05, 0.1) is 5.54 Å². The number of benzene rings is 7. The van der Waals surface area contributed by atoms with Gasteiger partial charge in [-0.2, -0.15) is 0 Å². The van der Waals surface area contributed by atoms with Crippen LogP contribution in [0.1, 0.15) is 52.0 Å². The zero-order valence-corrected chi connectivity index (χ0v) is 28.5. The molecule has 2 aliphatic rings. The van der Waals surface area contributed by atoms with E-state index in [0.29, 0.717) is 0 Å². The Balaban J connectivity index is 1.14. The molecule has 0 radical (unpaired) electrons. The van der Waals surface area contributed by atoms with Crippen LogP contribution >= 0.6 is 0 Å². The molecule has 1 saturated carbocycles. The lowest BCUT2D eigenvalue weighted by Crippen LogP contribution is -2.56. The highest BCUT2D eigenvalue weighted by atomic mass is 15.3. The van der Waals surface area contributed by atoms with E-state index in [4.69, 9.17) is 0 Å². The number of para-hydroxylation sites is 1. The van der Waals surface area contributed by atoms with Crippen molar-refractivity contribution in [2.24, 2.45) is 5.92 Å². The summed E-state index contributed by atoms with van der Waals surface area (Å²) in [6, 6.07) is 48.8. The second-order valence-electron chi connectivity index (χ2n) is 15.6. The number of hydrogen-bond acceptors (Lipinski definition) is 1. The average Bonchev–Trinajstić information content (AvgIpc) is 3.70. The van der Waals surface area contributed by atoms with Gasteiger partial charge in [0.15, 0.2) is 0 Å². The molecule has 3 unspecified atom stereocenters. The smallest absolute Gasteiger partial charge is 0.0518 e. The zero-order valence-electron chi connectivity index (χ0n) is 28.5. The van der Waals surface area contributed by atoms with E-state index in [2.05, 4.69) is 153 Å². The van der Waals surface area contributed by atoms with Gasteiger partial charge in [0.2, 0.25) is 0 Å². The minimum absolute atomic E-state index is 0.0357. The summed E-state index contributed by atoms with van der Waals surface area (Å²) in [6.45, 7) is 7.50. The van der Waals surface area contributed by atoms with Crippen molar-refractivity contribution >= 4 is 76.0 Å². The fraction of sp³-hybridized carbons (Fsp3) is 0.208. The summed E-state index contributed by atoms with van der Waals surface area (Å²) in [5.74, 6) is 0.765. The monoisotopic (exact) mass is 629 g/mol. The molecule has 11 rings (SSSR count). The molecule has 0 N–H and O–H groups in total. The Labute approximate surface area is 287 Å². The second-order valence-corrected chi connectivity index (χ2v) is 15.6. The van der Waals surface area contributed by atoms with Gasteiger partial charge in [0, 0.05) is 16.8 Å². The average molecular weight is 630 g/mol. The van der Waals surface area contributed by atoms with Gasteiger partial charge in [-0.05, 0) is 150 Å². The maximum absolute atomic E-state index is 2.69. The van der Waals surface area contributed by atoms with E-state index >= 15 is 0 Å². The van der Waals surface area contributed by atoms with Gasteiger partial charge in [0.25, 0.3) is 0 Å². The first-order chi connectivity index (χ1) is 24.0. The van der Waals surface area contributed by atoms with Gasteiger partial charge in [-0.3, -0.25) is 0 Å². The van der Waals surface area contributed by atoms with Crippen molar-refractivity contribution in [1.29, 1.82) is 0 Å². The summed E-state index contributed by atoms with van der Waals surface area (Å²) in [7, 11) is 0. The van der Waals surface area contributed by atoms with Gasteiger partial charge in [-0.15, -0.1) is 0 Å². The minimum atomic E-state index is 0.0357. The van der Waals surface area contributed by atoms with E-state index in [1.54, 1.807) is 0 Å². The molecular weight excluding hydrogens is 591 g/mol. The topological polar surface area (TPSA) is 3.24 Å². The predicted molar refractivity (Wildman–Crippen MR) is 211 cm³/mol. The highest BCUT2D eigenvalue weighted by Crippen LogP contribution is 2.62. The van der Waals surface area contributed by atoms with Gasteiger partial charge in [-0.25, -0.2) is 0 Å². The molecule has 1 nitrogen and oxygen atoms in total. The summed E-state index contributed by atoms with van der Waals surface area (Å²) >= 11 is 0. The Morgan fingerprint density at radius 2 is 1.22 bits per heavy atom. The van der Waals surface area contributed by atoms with Crippen molar-refractivity contribution in [3.8, 4) is 11.1 Å². The number of anilines is 2. The lowest BCUT2D eigenvalue weighted by Gasteiger charge is -2.52. The Morgan fingerprint density at radius 3 is 1.92 bits per heavy atom. The Bertz CT molecular complexity index is 2690. The molecule has 1 aliphatic carbocycles. The summed E-state index contributed by atoms with van der Waals surface area (Å²) < 4.78 is 0. The van der Waals surface area contributed by atoms with E-state index < -0.39 is 0 Å². The van der Waals surface area contributed by atoms with E-state index in [1.165, 1.54) is 118 Å². The minimum Gasteiger partial charge on any atom is -0.334 e. The first-order valence-corrected chi connectivity index (χ1v) is 18.3. The third kappa shape index (κ3) is 3.41. The molecule has 1 heteroatoms. The summed E-state index contributed by atoms with van der Waals surface area (Å²) in [5.41, 5.74) is 6.99. The third-order valence-electron chi connectivity index (χ3n) is 13.4. The molecule has 9 aromatic carbocycles. The largest absolute Gasteiger partial charge is 0.334 e. The molecular formula is C48H39N. The maximum Gasteiger partial charge on any atom is 0.0518 e. The third-order valence-corrected chi connectivity index (χ3v) is 13.4. The molecule has 1 aliphatic heterocycles. The van der Waals surface area contributed by atoms with Crippen LogP contribution in [0.15, 0.2) is 127 Å². The van der Waals surface area contributed by atoms with E-state index in [0.717, 1.165) is 5.92 Å². The second kappa shape index (κ2) is 9.51. The van der Waals surface area contributed by atoms with Crippen LogP contribution in [-0.2, 0) is 5.41 Å². The summed E-state index contributed by atoms with van der Waals surface area (Å²) in [4.78, 5) is 2.69. The molecule has 1 fully saturated rings. The Hall–Kier alpha value is -5.14. The van der Waals surface area contributed by atoms with Crippen molar-refractivity contribution in [3.05, 3.63) is 133 Å². The van der Waals surface area contributed by atoms with Crippen molar-refractivity contribution < 1.29 is 0 Å². The molecule has 0 aromatic heterocycles. The lowest BCUT2D eigenvalue weighted by molar-refractivity contribution is 0.143. The summed E-state index contributed by atoms with van der Waals surface area (Å²) in [5, 5.41) is 16.4. The molecule has 1 heterocycles. The van der Waals surface area contributed by atoms with E-state index in [-0.39, 0.29) is 11.0 Å². The first-order valence-electron chi connectivity index (χ1n) is 18.3. The normalized spacial score (nSPS) is 22.3. The van der Waals surface area contributed by atoms with Crippen LogP contribution < -0.4 is 4.90 Å². The highest BCUT2D eigenvalue weighted by molar-refractivity contribution is 6.38. The fourth-order valence-corrected chi connectivity index (χ4v) is 10.8. The van der Waals surface area contributed by atoms with Crippen LogP contribution in [-0.4, -0.2) is 5.54 Å². The van der Waals surface area contributed by atoms with Crippen molar-refractivity contribution in [2.45, 2.75) is 57.4 Å². The van der Waals surface area contributed by atoms with Crippen molar-refractivity contribution in [1.82, 2.24) is 0 Å². The fourth-order valence-electron chi connectivity index (χ4n) is 10.8. The SMILES string of the molecule is CCC1CCC2(C)N(c3ccccc3)c3ccc(-c4ccc5c6cc7c(cc6c6cccc4c65)c4cccc5cccc7c54)cc3C2(C)C1. The van der Waals surface area contributed by atoms with Crippen LogP contribution in [0.25, 0.3) is 75.8 Å². The predicted octanol–water partition coefficient (Wildman–Crippen LogP) is 13.5. The molecule has 9 aromatic rings. The first kappa shape index (κ1) is 27.8. The number of rotatable bonds is 3. The van der Waals surface area contributed by atoms with Crippen LogP contribution in [0.2, 0.25) is 0 Å². The molecule has 0 bridgehead atoms. The van der Waals surface area contributed by atoms with Crippen LogP contribution in [0.4, 0.5) is 11.4 Å². The Kier molecular flexibility index (Phi) is 5.39. The van der Waals surface area contributed by atoms with Gasteiger partial charge in [0.1, 0.15) is 0 Å². The van der Waals surface area contributed by atoms with E-state index in [1.807, 2.05) is 0 Å². The molecule has 0 saturated heterocycles. The number of fused-ring (bicyclic) bond motifs is 9. The van der Waals surface area contributed by atoms with Gasteiger partial charge in [-0.1, -0.05) is 111 Å². The standard InChI is InChI=1S/C48H39N/c1-4-29-23-24-48(3)47(2,28-29)43-25-31(19-22-44(43)49(48)32-13-6-5-7-14-32)33-20-21-38-42-27-40-36-16-9-12-30-11-8-15-35(45(30)36)39(40)26-41(42)37-18-10-17-34(33)46(37)38/h5-22,25-27,29H,4,23-24,28H2,1-3H3. The van der Waals surface area contributed by atoms with Crippen molar-refractivity contribution in [2.75, 3.05) is 4.90 Å². The zero-order chi connectivity index (χ0) is 32.6. The highest BCUT2D eigenvalue weighted by Gasteiger charge is 2.59. The van der Waals surface area contributed by atoms with Crippen LogP contribution in [0, 0.1) is 5.92 Å². The molecule has 0 spiro atoms. The van der Waals surface area contributed by atoms with E-state index in [9.17, 15) is 0 Å². The van der Waals surface area contributed by atoms with Gasteiger partial charge >= 0.3 is 0 Å². The van der Waals surface area contributed by atoms with Crippen molar-refractivity contribution in [3.63, 3.8) is 0 Å². The lowest BCUT2D eigenvalue weighted by atomic mass is 9.58. The van der Waals surface area contributed by atoms with Crippen LogP contribution in [0.3, 0.4) is 0 Å². The summed E-state index contributed by atoms with van der Waals surface area (Å²) in [6.07, 6.45) is 5.00. The number of hydrogen-bond donors (Lipinski definition) is 0. The molecule has 49 heavy (non-hydrogen) atoms. The maximum atomic E-state index is 2.69. The van der Waals surface area contributed by atoms with Crippen LogP contribution in [0.5, 0.6) is 0 Å². The number of nitrogens with zero attached hydrogens (tertiary/aromatic N) is 1. The Morgan fingerprint density at radius 1 is 0.592 bits per heavy atom. The molecule has 3 atom stereocenters. The quantitative estimate of drug-likeness (QED) is 0.188. The molecule has 236 valence electrons. The van der Waals surface area contributed by atoms with Gasteiger partial charge < -0.3 is 4.90 Å².